The minimum absolute atomic E-state index is 0.0472. The van der Waals surface area contributed by atoms with E-state index in [1.165, 1.54) is 0 Å². The van der Waals surface area contributed by atoms with Crippen LogP contribution < -0.4 is 11.5 Å². The Morgan fingerprint density at radius 1 is 1.18 bits per heavy atom. The molecule has 4 N–H and O–H groups in total. The van der Waals surface area contributed by atoms with Gasteiger partial charge in [-0.2, -0.15) is 5.26 Å². The third-order valence-corrected chi connectivity index (χ3v) is 4.39. The van der Waals surface area contributed by atoms with E-state index in [1.54, 1.807) is 38.1 Å². The topological polar surface area (TPSA) is 141 Å². The molecule has 2 atom stereocenters. The summed E-state index contributed by atoms with van der Waals surface area (Å²) in [6.45, 7) is 3.86. The van der Waals surface area contributed by atoms with Gasteiger partial charge in [0.2, 0.25) is 0 Å². The number of carbonyl (C=O) groups is 2. The lowest BCUT2D eigenvalue weighted by Crippen LogP contribution is -2.37. The van der Waals surface area contributed by atoms with Crippen LogP contribution in [0, 0.1) is 17.2 Å². The van der Waals surface area contributed by atoms with E-state index in [4.69, 9.17) is 20.9 Å². The summed E-state index contributed by atoms with van der Waals surface area (Å²) in [6, 6.07) is 8.84. The monoisotopic (exact) mass is 384 g/mol. The van der Waals surface area contributed by atoms with E-state index in [-0.39, 0.29) is 31.9 Å². The zero-order chi connectivity index (χ0) is 20.7. The highest BCUT2D eigenvalue weighted by Gasteiger charge is 2.42. The first-order valence-electron chi connectivity index (χ1n) is 8.94. The Balaban J connectivity index is 2.58. The molecule has 0 amide bonds. The van der Waals surface area contributed by atoms with Crippen molar-refractivity contribution >= 4 is 17.7 Å². The fourth-order valence-corrected chi connectivity index (χ4v) is 3.25. The molecule has 2 rings (SSSR count). The molecule has 0 aromatic heterocycles. The van der Waals surface area contributed by atoms with Crippen molar-refractivity contribution in [2.24, 2.45) is 22.4 Å². The molecule has 0 bridgehead atoms. The molecule has 8 heteroatoms. The number of carbonyl (C=O) groups excluding carboxylic acids is 2. The van der Waals surface area contributed by atoms with E-state index in [0.29, 0.717) is 22.5 Å². The standard InChI is InChI=1S/C20H24N4O4/c1-12-16(19(25)27-8-6-21)18(15-5-3-4-14(10-15)11-23)17(13(2)24-12)20(26)28-9-7-22/h3-5,10,16,18H,6-9,21-22H2,1-2H3. The Bertz CT molecular complexity index is 854. The van der Waals surface area contributed by atoms with Gasteiger partial charge in [0.15, 0.2) is 0 Å². The number of rotatable bonds is 7. The molecular formula is C20H24N4O4. The molecule has 0 aliphatic carbocycles. The predicted octanol–water partition coefficient (Wildman–Crippen LogP) is 1.01. The Morgan fingerprint density at radius 3 is 2.50 bits per heavy atom. The number of esters is 2. The van der Waals surface area contributed by atoms with Gasteiger partial charge in [0.25, 0.3) is 0 Å². The lowest BCUT2D eigenvalue weighted by molar-refractivity contribution is -0.146. The number of aliphatic imine (C=N–C) groups is 1. The molecule has 1 aliphatic rings. The fraction of sp³-hybridized carbons (Fsp3) is 0.400. The number of nitrogens with zero attached hydrogens (tertiary/aromatic N) is 2. The molecule has 0 spiro atoms. The normalized spacial score (nSPS) is 18.9. The van der Waals surface area contributed by atoms with Crippen LogP contribution in [0.4, 0.5) is 0 Å². The summed E-state index contributed by atoms with van der Waals surface area (Å²) >= 11 is 0. The second-order valence-corrected chi connectivity index (χ2v) is 6.33. The van der Waals surface area contributed by atoms with Crippen LogP contribution >= 0.6 is 0 Å². The van der Waals surface area contributed by atoms with Gasteiger partial charge in [0, 0.05) is 30.4 Å². The van der Waals surface area contributed by atoms with Crippen LogP contribution in [0.2, 0.25) is 0 Å². The number of nitrogens with two attached hydrogens (primary N) is 2. The van der Waals surface area contributed by atoms with Gasteiger partial charge >= 0.3 is 11.9 Å². The van der Waals surface area contributed by atoms with Crippen molar-refractivity contribution in [1.29, 1.82) is 5.26 Å². The highest BCUT2D eigenvalue weighted by atomic mass is 16.5. The summed E-state index contributed by atoms with van der Waals surface area (Å²) < 4.78 is 10.5. The number of allylic oxidation sites excluding steroid dienone is 1. The van der Waals surface area contributed by atoms with Crippen molar-refractivity contribution < 1.29 is 19.1 Å². The molecule has 1 heterocycles. The quantitative estimate of drug-likeness (QED) is 0.668. The second kappa shape index (κ2) is 9.78. The largest absolute Gasteiger partial charge is 0.464 e. The number of benzene rings is 1. The first-order valence-corrected chi connectivity index (χ1v) is 8.94. The van der Waals surface area contributed by atoms with Gasteiger partial charge in [0.1, 0.15) is 19.1 Å². The highest BCUT2D eigenvalue weighted by Crippen LogP contribution is 2.40. The van der Waals surface area contributed by atoms with Gasteiger partial charge in [-0.05, 0) is 31.5 Å². The van der Waals surface area contributed by atoms with E-state index >= 15 is 0 Å². The van der Waals surface area contributed by atoms with Crippen molar-refractivity contribution in [1.82, 2.24) is 0 Å². The maximum atomic E-state index is 12.8. The minimum Gasteiger partial charge on any atom is -0.464 e. The highest BCUT2D eigenvalue weighted by molar-refractivity contribution is 6.07. The van der Waals surface area contributed by atoms with Crippen LogP contribution in [0.3, 0.4) is 0 Å². The van der Waals surface area contributed by atoms with Crippen molar-refractivity contribution in [3.63, 3.8) is 0 Å². The van der Waals surface area contributed by atoms with Crippen LogP contribution in [0.15, 0.2) is 40.5 Å². The molecule has 1 aromatic carbocycles. The summed E-state index contributed by atoms with van der Waals surface area (Å²) in [5, 5.41) is 9.25. The Hall–Kier alpha value is -3.02. The van der Waals surface area contributed by atoms with E-state index in [1.807, 2.05) is 0 Å². The summed E-state index contributed by atoms with van der Waals surface area (Å²) in [4.78, 5) is 29.9. The maximum Gasteiger partial charge on any atom is 0.336 e. The van der Waals surface area contributed by atoms with E-state index < -0.39 is 23.8 Å². The number of hydrogen-bond acceptors (Lipinski definition) is 8. The Morgan fingerprint density at radius 2 is 1.86 bits per heavy atom. The molecule has 8 nitrogen and oxygen atoms in total. The second-order valence-electron chi connectivity index (χ2n) is 6.33. The molecular weight excluding hydrogens is 360 g/mol. The molecule has 148 valence electrons. The molecule has 0 fully saturated rings. The first-order chi connectivity index (χ1) is 13.4. The van der Waals surface area contributed by atoms with Crippen LogP contribution in [0.1, 0.15) is 30.9 Å². The van der Waals surface area contributed by atoms with Crippen molar-refractivity contribution in [3.8, 4) is 6.07 Å². The molecule has 1 aromatic rings. The summed E-state index contributed by atoms with van der Waals surface area (Å²) in [5.74, 6) is -2.65. The smallest absolute Gasteiger partial charge is 0.336 e. The molecule has 0 radical (unpaired) electrons. The van der Waals surface area contributed by atoms with Crippen molar-refractivity contribution in [2.45, 2.75) is 19.8 Å². The average Bonchev–Trinajstić information content (AvgIpc) is 2.69. The molecule has 1 aliphatic heterocycles. The van der Waals surface area contributed by atoms with Crippen molar-refractivity contribution in [2.75, 3.05) is 26.3 Å². The summed E-state index contributed by atoms with van der Waals surface area (Å²) in [6.07, 6.45) is 0. The van der Waals surface area contributed by atoms with Crippen molar-refractivity contribution in [3.05, 3.63) is 46.7 Å². The van der Waals surface area contributed by atoms with Gasteiger partial charge < -0.3 is 20.9 Å². The number of hydrogen-bond donors (Lipinski definition) is 2. The zero-order valence-corrected chi connectivity index (χ0v) is 16.0. The lowest BCUT2D eigenvalue weighted by atomic mass is 9.75. The van der Waals surface area contributed by atoms with Crippen LogP contribution in [0.25, 0.3) is 0 Å². The first kappa shape index (κ1) is 21.3. The molecule has 28 heavy (non-hydrogen) atoms. The van der Waals surface area contributed by atoms with Gasteiger partial charge in [-0.3, -0.25) is 9.79 Å². The fourth-order valence-electron chi connectivity index (χ4n) is 3.25. The number of ether oxygens (including phenoxy) is 2. The van der Waals surface area contributed by atoms with E-state index in [2.05, 4.69) is 11.1 Å². The van der Waals surface area contributed by atoms with Crippen LogP contribution in [-0.2, 0) is 19.1 Å². The summed E-state index contributed by atoms with van der Waals surface area (Å²) in [7, 11) is 0. The van der Waals surface area contributed by atoms with Gasteiger partial charge in [-0.1, -0.05) is 12.1 Å². The van der Waals surface area contributed by atoms with Gasteiger partial charge in [-0.15, -0.1) is 0 Å². The van der Waals surface area contributed by atoms with Crippen LogP contribution in [0.5, 0.6) is 0 Å². The predicted molar refractivity (Wildman–Crippen MR) is 103 cm³/mol. The Kier molecular flexibility index (Phi) is 7.44. The minimum atomic E-state index is -0.829. The van der Waals surface area contributed by atoms with E-state index in [9.17, 15) is 14.9 Å². The van der Waals surface area contributed by atoms with Gasteiger partial charge in [-0.25, -0.2) is 4.79 Å². The molecule has 0 saturated heterocycles. The summed E-state index contributed by atoms with van der Waals surface area (Å²) in [5.41, 5.74) is 13.1. The third kappa shape index (κ3) is 4.63. The number of nitriles is 1. The molecule has 0 saturated carbocycles. The average molecular weight is 384 g/mol. The zero-order valence-electron chi connectivity index (χ0n) is 16.0. The third-order valence-electron chi connectivity index (χ3n) is 4.39. The Labute approximate surface area is 163 Å². The van der Waals surface area contributed by atoms with E-state index in [0.717, 1.165) is 0 Å². The lowest BCUT2D eigenvalue weighted by Gasteiger charge is -2.31. The van der Waals surface area contributed by atoms with Gasteiger partial charge in [0.05, 0.1) is 17.2 Å². The maximum absolute atomic E-state index is 12.8. The molecule has 2 unspecified atom stereocenters. The van der Waals surface area contributed by atoms with Crippen LogP contribution in [-0.4, -0.2) is 44.0 Å². The SMILES string of the molecule is CC1=NC(C)=C(C(=O)OCCN)C(c2cccc(C#N)c2)C1C(=O)OCCN.